The van der Waals surface area contributed by atoms with Gasteiger partial charge in [-0.1, -0.05) is 41.9 Å². The van der Waals surface area contributed by atoms with Crippen molar-refractivity contribution < 1.29 is 4.79 Å². The zero-order valence-corrected chi connectivity index (χ0v) is 17.8. The molecular weight excluding hydrogens is 414 g/mol. The van der Waals surface area contributed by atoms with Gasteiger partial charge in [-0.3, -0.25) is 9.59 Å². The Kier molecular flexibility index (Phi) is 6.52. The Morgan fingerprint density at radius 1 is 0.935 bits per heavy atom. The van der Waals surface area contributed by atoms with Crippen LogP contribution in [0, 0.1) is 0 Å². The Bertz CT molecular complexity index is 1090. The van der Waals surface area contributed by atoms with Crippen molar-refractivity contribution in [2.24, 2.45) is 0 Å². The zero-order valence-electron chi connectivity index (χ0n) is 17.1. The molecule has 0 saturated carbocycles. The normalized spacial score (nSPS) is 13.8. The van der Waals surface area contributed by atoms with Gasteiger partial charge < -0.3 is 15.1 Å². The molecular formula is C23H24ClN5O2. The first-order valence-electron chi connectivity index (χ1n) is 10.2. The number of rotatable bonds is 6. The molecule has 0 aliphatic carbocycles. The van der Waals surface area contributed by atoms with Crippen molar-refractivity contribution in [3.63, 3.8) is 0 Å². The lowest BCUT2D eigenvalue weighted by Gasteiger charge is -2.36. The second kappa shape index (κ2) is 9.66. The molecule has 8 heteroatoms. The molecule has 2 aromatic carbocycles. The lowest BCUT2D eigenvalue weighted by atomic mass is 10.2. The lowest BCUT2D eigenvalue weighted by molar-refractivity contribution is -0.122. The molecule has 1 amide bonds. The van der Waals surface area contributed by atoms with E-state index in [1.165, 1.54) is 16.4 Å². The van der Waals surface area contributed by atoms with Gasteiger partial charge in [-0.25, -0.2) is 4.68 Å². The fraction of sp³-hybridized carbons (Fsp3) is 0.261. The molecule has 1 aromatic heterocycles. The first kappa shape index (κ1) is 20.9. The van der Waals surface area contributed by atoms with Gasteiger partial charge in [0.2, 0.25) is 5.91 Å². The standard InChI is InChI=1S/C23H24ClN5O2/c24-19-6-4-5-18(15-19)16-25-22(30)17-29-23(31)10-9-21(26-29)28-13-11-27(12-14-28)20-7-2-1-3-8-20/h1-10,15H,11-14,16-17H2,(H,25,30). The van der Waals surface area contributed by atoms with Gasteiger partial charge in [0.15, 0.2) is 0 Å². The summed E-state index contributed by atoms with van der Waals surface area (Å²) >= 11 is 5.97. The number of aromatic nitrogens is 2. The van der Waals surface area contributed by atoms with Gasteiger partial charge in [0.05, 0.1) is 0 Å². The van der Waals surface area contributed by atoms with Gasteiger partial charge in [-0.15, -0.1) is 0 Å². The number of carbonyl (C=O) groups excluding carboxylic acids is 1. The van der Waals surface area contributed by atoms with Gasteiger partial charge in [-0.2, -0.15) is 5.10 Å². The van der Waals surface area contributed by atoms with Crippen molar-refractivity contribution in [2.75, 3.05) is 36.0 Å². The average Bonchev–Trinajstić information content (AvgIpc) is 2.80. The maximum atomic E-state index is 12.3. The van der Waals surface area contributed by atoms with Crippen molar-refractivity contribution in [2.45, 2.75) is 13.1 Å². The van der Waals surface area contributed by atoms with Crippen LogP contribution in [0.25, 0.3) is 0 Å². The first-order valence-corrected chi connectivity index (χ1v) is 10.6. The minimum absolute atomic E-state index is 0.128. The average molecular weight is 438 g/mol. The summed E-state index contributed by atoms with van der Waals surface area (Å²) in [7, 11) is 0. The number of carbonyl (C=O) groups is 1. The van der Waals surface area contributed by atoms with E-state index in [9.17, 15) is 9.59 Å². The first-order chi connectivity index (χ1) is 15.1. The smallest absolute Gasteiger partial charge is 0.267 e. The van der Waals surface area contributed by atoms with E-state index in [2.05, 4.69) is 32.3 Å². The topological polar surface area (TPSA) is 70.5 Å². The number of hydrogen-bond donors (Lipinski definition) is 1. The number of hydrogen-bond acceptors (Lipinski definition) is 5. The summed E-state index contributed by atoms with van der Waals surface area (Å²) < 4.78 is 1.21. The Balaban J connectivity index is 1.36. The maximum absolute atomic E-state index is 12.3. The third-order valence-corrected chi connectivity index (χ3v) is 5.48. The van der Waals surface area contributed by atoms with E-state index in [1.54, 1.807) is 18.2 Å². The predicted molar refractivity (Wildman–Crippen MR) is 123 cm³/mol. The maximum Gasteiger partial charge on any atom is 0.267 e. The number of anilines is 2. The summed E-state index contributed by atoms with van der Waals surface area (Å²) in [6.07, 6.45) is 0. The van der Waals surface area contributed by atoms with E-state index in [1.807, 2.05) is 30.3 Å². The highest BCUT2D eigenvalue weighted by molar-refractivity contribution is 6.30. The van der Waals surface area contributed by atoms with Crippen molar-refractivity contribution in [1.29, 1.82) is 0 Å². The molecule has 7 nitrogen and oxygen atoms in total. The van der Waals surface area contributed by atoms with Gasteiger partial charge >= 0.3 is 0 Å². The van der Waals surface area contributed by atoms with Gasteiger partial charge in [0, 0.05) is 49.5 Å². The lowest BCUT2D eigenvalue weighted by Crippen LogP contribution is -2.47. The molecule has 160 valence electrons. The highest BCUT2D eigenvalue weighted by Gasteiger charge is 2.19. The Labute approximate surface area is 185 Å². The van der Waals surface area contributed by atoms with Crippen LogP contribution in [-0.2, 0) is 17.9 Å². The largest absolute Gasteiger partial charge is 0.368 e. The minimum atomic E-state index is -0.301. The summed E-state index contributed by atoms with van der Waals surface area (Å²) in [6, 6.07) is 20.8. The van der Waals surface area contributed by atoms with Crippen molar-refractivity contribution >= 4 is 29.0 Å². The van der Waals surface area contributed by atoms with Crippen LogP contribution in [0.5, 0.6) is 0 Å². The van der Waals surface area contributed by atoms with Crippen LogP contribution in [0.2, 0.25) is 5.02 Å². The number of nitrogens with one attached hydrogen (secondary N) is 1. The predicted octanol–water partition coefficient (Wildman–Crippen LogP) is 2.54. The van der Waals surface area contributed by atoms with Crippen molar-refractivity contribution in [3.05, 3.63) is 87.7 Å². The number of amides is 1. The second-order valence-electron chi connectivity index (χ2n) is 7.40. The molecule has 31 heavy (non-hydrogen) atoms. The van der Waals surface area contributed by atoms with Gasteiger partial charge in [-0.05, 0) is 35.9 Å². The van der Waals surface area contributed by atoms with Crippen LogP contribution in [0.1, 0.15) is 5.56 Å². The molecule has 0 atom stereocenters. The van der Waals surface area contributed by atoms with Crippen LogP contribution in [0.15, 0.2) is 71.5 Å². The zero-order chi connectivity index (χ0) is 21.6. The summed E-state index contributed by atoms with van der Waals surface area (Å²) in [4.78, 5) is 29.0. The summed E-state index contributed by atoms with van der Waals surface area (Å²) in [5, 5.41) is 7.86. The molecule has 1 saturated heterocycles. The molecule has 0 bridgehead atoms. The van der Waals surface area contributed by atoms with Crippen LogP contribution >= 0.6 is 11.6 Å². The fourth-order valence-corrected chi connectivity index (χ4v) is 3.81. The number of nitrogens with zero attached hydrogens (tertiary/aromatic N) is 4. The van der Waals surface area contributed by atoms with Crippen LogP contribution < -0.4 is 20.7 Å². The molecule has 3 aromatic rings. The van der Waals surface area contributed by atoms with E-state index < -0.39 is 0 Å². The van der Waals surface area contributed by atoms with Crippen LogP contribution in [0.3, 0.4) is 0 Å². The summed E-state index contributed by atoms with van der Waals surface area (Å²) in [5.74, 6) is 0.426. The number of halogens is 1. The Hall–Kier alpha value is -3.32. The van der Waals surface area contributed by atoms with Crippen LogP contribution in [-0.4, -0.2) is 41.9 Å². The molecule has 1 aliphatic heterocycles. The van der Waals surface area contributed by atoms with Crippen LogP contribution in [0.4, 0.5) is 11.5 Å². The quantitative estimate of drug-likeness (QED) is 0.641. The second-order valence-corrected chi connectivity index (χ2v) is 7.84. The highest BCUT2D eigenvalue weighted by atomic mass is 35.5. The molecule has 4 rings (SSSR count). The highest BCUT2D eigenvalue weighted by Crippen LogP contribution is 2.18. The third-order valence-electron chi connectivity index (χ3n) is 5.25. The van der Waals surface area contributed by atoms with Gasteiger partial charge in [0.25, 0.3) is 5.56 Å². The van der Waals surface area contributed by atoms with Gasteiger partial charge in [0.1, 0.15) is 12.4 Å². The van der Waals surface area contributed by atoms with E-state index >= 15 is 0 Å². The fourth-order valence-electron chi connectivity index (χ4n) is 3.59. The summed E-state index contributed by atoms with van der Waals surface area (Å²) in [5.41, 5.74) is 1.80. The molecule has 1 N–H and O–H groups in total. The molecule has 1 fully saturated rings. The number of benzene rings is 2. The minimum Gasteiger partial charge on any atom is -0.368 e. The summed E-state index contributed by atoms with van der Waals surface area (Å²) in [6.45, 7) is 3.53. The molecule has 0 spiro atoms. The number of piperazine rings is 1. The molecule has 2 heterocycles. The number of para-hydroxylation sites is 1. The van der Waals surface area contributed by atoms with Crippen molar-refractivity contribution in [1.82, 2.24) is 15.1 Å². The molecule has 0 radical (unpaired) electrons. The van der Waals surface area contributed by atoms with E-state index in [0.29, 0.717) is 17.4 Å². The van der Waals surface area contributed by atoms with E-state index in [4.69, 9.17) is 11.6 Å². The third kappa shape index (κ3) is 5.44. The molecule has 1 aliphatic rings. The van der Waals surface area contributed by atoms with E-state index in [-0.39, 0.29) is 18.0 Å². The Morgan fingerprint density at radius 3 is 2.42 bits per heavy atom. The molecule has 0 unspecified atom stereocenters. The Morgan fingerprint density at radius 2 is 1.68 bits per heavy atom. The monoisotopic (exact) mass is 437 g/mol. The SMILES string of the molecule is O=C(Cn1nc(N2CCN(c3ccccc3)CC2)ccc1=O)NCc1cccc(Cl)c1. The van der Waals surface area contributed by atoms with Crippen molar-refractivity contribution in [3.8, 4) is 0 Å². The van der Waals surface area contributed by atoms with E-state index in [0.717, 1.165) is 31.7 Å².